The van der Waals surface area contributed by atoms with Gasteiger partial charge in [-0.1, -0.05) is 27.7 Å². The average Bonchev–Trinajstić information content (AvgIpc) is 2.86. The summed E-state index contributed by atoms with van der Waals surface area (Å²) >= 11 is 0. The lowest BCUT2D eigenvalue weighted by Crippen LogP contribution is -2.37. The molecule has 0 saturated carbocycles. The van der Waals surface area contributed by atoms with Crippen molar-refractivity contribution in [1.82, 2.24) is 9.78 Å². The highest BCUT2D eigenvalue weighted by Gasteiger charge is 2.27. The molecule has 0 aliphatic carbocycles. The number of ketones is 1. The molecule has 1 aliphatic heterocycles. The van der Waals surface area contributed by atoms with Crippen molar-refractivity contribution < 1.29 is 19.0 Å². The fourth-order valence-electron chi connectivity index (χ4n) is 4.12. The molecule has 10 nitrogen and oxygen atoms in total. The number of nitrogen functional groups attached to an aromatic ring is 1. The molecule has 2 aromatic rings. The van der Waals surface area contributed by atoms with Crippen LogP contribution >= 0.6 is 0 Å². The third-order valence-corrected chi connectivity index (χ3v) is 6.02. The Labute approximate surface area is 212 Å². The number of carbonyl (C=O) groups excluding carboxylic acids is 1. The van der Waals surface area contributed by atoms with Crippen molar-refractivity contribution in [1.29, 1.82) is 5.41 Å². The van der Waals surface area contributed by atoms with Crippen molar-refractivity contribution in [3.05, 3.63) is 40.4 Å². The maximum Gasteiger partial charge on any atom is 0.235 e. The Morgan fingerprint density at radius 2 is 1.92 bits per heavy atom. The van der Waals surface area contributed by atoms with Gasteiger partial charge in [0.05, 0.1) is 32.6 Å². The van der Waals surface area contributed by atoms with E-state index in [2.05, 4.69) is 35.8 Å². The predicted molar refractivity (Wildman–Crippen MR) is 140 cm³/mol. The molecule has 1 fully saturated rings. The van der Waals surface area contributed by atoms with Crippen LogP contribution in [0.1, 0.15) is 56.1 Å². The fourth-order valence-corrected chi connectivity index (χ4v) is 4.12. The topological polar surface area (TPSA) is 128 Å². The number of nitrogens with one attached hydrogen (secondary N) is 1. The number of nitrogens with zero attached hydrogens (tertiary/aromatic N) is 4. The summed E-state index contributed by atoms with van der Waals surface area (Å²) in [6, 6.07) is 5.54. The molecule has 0 spiro atoms. The lowest BCUT2D eigenvalue weighted by Gasteiger charge is -2.33. The van der Waals surface area contributed by atoms with Crippen LogP contribution in [0.25, 0.3) is 0 Å². The van der Waals surface area contributed by atoms with Gasteiger partial charge in [-0.3, -0.25) is 15.2 Å². The van der Waals surface area contributed by atoms with E-state index in [1.807, 2.05) is 26.0 Å². The third-order valence-electron chi connectivity index (χ3n) is 6.02. The van der Waals surface area contributed by atoms with Crippen LogP contribution in [-0.2, 0) is 16.6 Å². The monoisotopic (exact) mass is 498 g/mol. The van der Waals surface area contributed by atoms with Crippen LogP contribution in [-0.4, -0.2) is 68.1 Å². The van der Waals surface area contributed by atoms with E-state index in [1.54, 1.807) is 13.2 Å². The summed E-state index contributed by atoms with van der Waals surface area (Å²) in [6.45, 7) is 13.1. The Hall–Kier alpha value is -3.40. The SMILES string of the molecule is CCOc1nn(C(=N)N)c(=NCC(=O)c2cc(N3CCOCC3)c(OC)c(C(C)(C)C)c2)cc1CC. The molecule has 10 heteroatoms. The van der Waals surface area contributed by atoms with Crippen molar-refractivity contribution >= 4 is 17.4 Å². The second-order valence-electron chi connectivity index (χ2n) is 9.58. The normalized spacial score (nSPS) is 14.6. The standard InChI is InChI=1S/C26H38N6O4/c1-7-17-15-22(32(25(27)28)30-24(17)36-8-2)29-16-21(33)18-13-19(26(3,4)5)23(34-6)20(14-18)31-9-11-35-12-10-31/h13-15H,7-12,16H2,1-6H3,(H3,27,28). The molecule has 1 aliphatic rings. The van der Waals surface area contributed by atoms with Crippen molar-refractivity contribution in [2.75, 3.05) is 51.5 Å². The molecule has 0 radical (unpaired) electrons. The van der Waals surface area contributed by atoms with E-state index in [9.17, 15) is 4.79 Å². The van der Waals surface area contributed by atoms with Gasteiger partial charge < -0.3 is 24.8 Å². The fraction of sp³-hybridized carbons (Fsp3) is 0.538. The summed E-state index contributed by atoms with van der Waals surface area (Å²) < 4.78 is 18.1. The van der Waals surface area contributed by atoms with Crippen LogP contribution < -0.4 is 25.6 Å². The van der Waals surface area contributed by atoms with Gasteiger partial charge in [0.2, 0.25) is 11.8 Å². The van der Waals surface area contributed by atoms with E-state index in [1.165, 1.54) is 4.68 Å². The molecule has 0 amide bonds. The molecule has 1 aromatic heterocycles. The number of carbonyl (C=O) groups is 1. The zero-order valence-corrected chi connectivity index (χ0v) is 22.2. The number of anilines is 1. The van der Waals surface area contributed by atoms with E-state index in [0.29, 0.717) is 43.2 Å². The smallest absolute Gasteiger partial charge is 0.235 e. The van der Waals surface area contributed by atoms with Crippen molar-refractivity contribution in [3.8, 4) is 11.6 Å². The number of methoxy groups -OCH3 is 1. The van der Waals surface area contributed by atoms with Gasteiger partial charge in [0, 0.05) is 29.8 Å². The van der Waals surface area contributed by atoms with E-state index in [0.717, 1.165) is 35.7 Å². The lowest BCUT2D eigenvalue weighted by molar-refractivity contribution is 0.100. The molecule has 1 saturated heterocycles. The Kier molecular flexibility index (Phi) is 8.73. The Morgan fingerprint density at radius 1 is 1.22 bits per heavy atom. The van der Waals surface area contributed by atoms with Crippen LogP contribution in [0.3, 0.4) is 0 Å². The first-order valence-electron chi connectivity index (χ1n) is 12.3. The molecule has 0 unspecified atom stereocenters. The third kappa shape index (κ3) is 6.04. The second-order valence-corrected chi connectivity index (χ2v) is 9.58. The molecule has 1 aromatic carbocycles. The zero-order valence-electron chi connectivity index (χ0n) is 22.2. The molecular formula is C26H38N6O4. The van der Waals surface area contributed by atoms with Crippen LogP contribution in [0, 0.1) is 5.41 Å². The zero-order chi connectivity index (χ0) is 26.5. The molecule has 0 bridgehead atoms. The number of aromatic nitrogens is 2. The van der Waals surface area contributed by atoms with E-state index in [-0.39, 0.29) is 23.7 Å². The average molecular weight is 499 g/mol. The van der Waals surface area contributed by atoms with E-state index in [4.69, 9.17) is 25.4 Å². The van der Waals surface area contributed by atoms with Crippen LogP contribution in [0.4, 0.5) is 5.69 Å². The summed E-state index contributed by atoms with van der Waals surface area (Å²) in [4.78, 5) is 20.1. The highest BCUT2D eigenvalue weighted by molar-refractivity contribution is 5.99. The number of Topliss-reactive ketones (excluding diaryl/α,β-unsaturated/α-hetero) is 1. The number of rotatable bonds is 8. The molecule has 0 atom stereocenters. The summed E-state index contributed by atoms with van der Waals surface area (Å²) in [7, 11) is 1.66. The van der Waals surface area contributed by atoms with Crippen molar-refractivity contribution in [2.45, 2.75) is 46.5 Å². The van der Waals surface area contributed by atoms with Crippen LogP contribution in [0.2, 0.25) is 0 Å². The Balaban J connectivity index is 2.06. The van der Waals surface area contributed by atoms with E-state index < -0.39 is 0 Å². The molecule has 3 rings (SSSR count). The number of hydrogen-bond donors (Lipinski definition) is 2. The van der Waals surface area contributed by atoms with Crippen molar-refractivity contribution in [2.24, 2.45) is 10.7 Å². The number of hydrogen-bond acceptors (Lipinski definition) is 8. The maximum atomic E-state index is 13.4. The minimum absolute atomic E-state index is 0.120. The number of morpholine rings is 1. The summed E-state index contributed by atoms with van der Waals surface area (Å²) in [5, 5.41) is 12.2. The Morgan fingerprint density at radius 3 is 2.47 bits per heavy atom. The molecule has 2 heterocycles. The number of benzene rings is 1. The minimum atomic E-state index is -0.307. The second kappa shape index (κ2) is 11.6. The molecule has 3 N–H and O–H groups in total. The minimum Gasteiger partial charge on any atom is -0.494 e. The summed E-state index contributed by atoms with van der Waals surface area (Å²) in [5.74, 6) is 0.717. The van der Waals surface area contributed by atoms with Gasteiger partial charge in [0.1, 0.15) is 12.3 Å². The first kappa shape index (κ1) is 27.2. The van der Waals surface area contributed by atoms with Gasteiger partial charge in [-0.25, -0.2) is 0 Å². The lowest BCUT2D eigenvalue weighted by atomic mass is 9.84. The van der Waals surface area contributed by atoms with Gasteiger partial charge >= 0.3 is 0 Å². The van der Waals surface area contributed by atoms with Crippen molar-refractivity contribution in [3.63, 3.8) is 0 Å². The molecule has 196 valence electrons. The predicted octanol–water partition coefficient (Wildman–Crippen LogP) is 2.51. The van der Waals surface area contributed by atoms with Gasteiger partial charge in [0.15, 0.2) is 11.3 Å². The molecule has 36 heavy (non-hydrogen) atoms. The van der Waals surface area contributed by atoms with Gasteiger partial charge in [-0.05, 0) is 37.0 Å². The summed E-state index contributed by atoms with van der Waals surface area (Å²) in [6.07, 6.45) is 0.661. The first-order valence-corrected chi connectivity index (χ1v) is 12.3. The maximum absolute atomic E-state index is 13.4. The number of aryl methyl sites for hydroxylation is 1. The van der Waals surface area contributed by atoms with E-state index >= 15 is 0 Å². The van der Waals surface area contributed by atoms with Gasteiger partial charge in [-0.2, -0.15) is 4.68 Å². The highest BCUT2D eigenvalue weighted by Crippen LogP contribution is 2.40. The largest absolute Gasteiger partial charge is 0.494 e. The van der Waals surface area contributed by atoms with Crippen LogP contribution in [0.15, 0.2) is 23.2 Å². The summed E-state index contributed by atoms with van der Waals surface area (Å²) in [5.41, 5.74) is 9.04. The van der Waals surface area contributed by atoms with Gasteiger partial charge in [0.25, 0.3) is 0 Å². The van der Waals surface area contributed by atoms with Gasteiger partial charge in [-0.15, -0.1) is 5.10 Å². The highest BCUT2D eigenvalue weighted by atomic mass is 16.5. The Bertz CT molecular complexity index is 1180. The first-order chi connectivity index (χ1) is 17.1. The quantitative estimate of drug-likeness (QED) is 0.325. The number of nitrogens with two attached hydrogens (primary N) is 1. The number of ether oxygens (including phenoxy) is 3. The molecular weight excluding hydrogens is 460 g/mol. The van der Waals surface area contributed by atoms with Crippen LogP contribution in [0.5, 0.6) is 11.6 Å².